The normalized spacial score (nSPS) is 39.0. The summed E-state index contributed by atoms with van der Waals surface area (Å²) < 4.78 is 0. The van der Waals surface area contributed by atoms with Gasteiger partial charge in [-0.2, -0.15) is 0 Å². The predicted octanol–water partition coefficient (Wildman–Crippen LogP) is 1.31. The van der Waals surface area contributed by atoms with Crippen LogP contribution in [0.3, 0.4) is 0 Å². The van der Waals surface area contributed by atoms with Crippen LogP contribution in [0.1, 0.15) is 53.4 Å². The van der Waals surface area contributed by atoms with E-state index in [1.807, 2.05) is 32.6 Å². The summed E-state index contributed by atoms with van der Waals surface area (Å²) in [6, 6.07) is -0.552. The summed E-state index contributed by atoms with van der Waals surface area (Å²) in [5.74, 6) is -0.243. The van der Waals surface area contributed by atoms with Gasteiger partial charge in [-0.15, -0.1) is 0 Å². The van der Waals surface area contributed by atoms with Crippen molar-refractivity contribution in [2.45, 2.75) is 71.0 Å². The highest BCUT2D eigenvalue weighted by Crippen LogP contribution is 2.61. The average Bonchev–Trinajstić information content (AvgIpc) is 3.01. The summed E-state index contributed by atoms with van der Waals surface area (Å²) in [5.41, 5.74) is -2.41. The molecule has 2 saturated heterocycles. The van der Waals surface area contributed by atoms with Gasteiger partial charge in [0.1, 0.15) is 11.8 Å². The first-order chi connectivity index (χ1) is 12.9. The number of hydrogen-bond acceptors (Lipinski definition) is 4. The summed E-state index contributed by atoms with van der Waals surface area (Å²) in [5, 5.41) is 0. The second-order valence-corrected chi connectivity index (χ2v) is 9.74. The Bertz CT molecular complexity index is 733. The van der Waals surface area contributed by atoms with E-state index < -0.39 is 16.4 Å². The quantitative estimate of drug-likeness (QED) is 0.677. The molecule has 3 aliphatic rings. The van der Waals surface area contributed by atoms with E-state index in [4.69, 9.17) is 0 Å². The number of piperazine rings is 1. The molecule has 28 heavy (non-hydrogen) atoms. The molecule has 7 nitrogen and oxygen atoms in total. The lowest BCUT2D eigenvalue weighted by atomic mass is 9.64. The topological polar surface area (TPSA) is 78.0 Å². The molecule has 1 unspecified atom stereocenters. The Labute approximate surface area is 167 Å². The number of amides is 3. The van der Waals surface area contributed by atoms with E-state index in [2.05, 4.69) is 0 Å². The zero-order chi connectivity index (χ0) is 21.2. The van der Waals surface area contributed by atoms with E-state index in [0.29, 0.717) is 19.3 Å². The molecule has 0 aromatic carbocycles. The van der Waals surface area contributed by atoms with E-state index in [9.17, 15) is 19.2 Å². The molecular weight excluding hydrogens is 358 g/mol. The first-order valence-electron chi connectivity index (χ1n) is 10.2. The van der Waals surface area contributed by atoms with Gasteiger partial charge in [-0.1, -0.05) is 27.7 Å². The molecule has 0 spiro atoms. The summed E-state index contributed by atoms with van der Waals surface area (Å²) >= 11 is 0. The Morgan fingerprint density at radius 3 is 2.39 bits per heavy atom. The largest absolute Gasteiger partial charge is 0.349 e. The molecule has 1 aliphatic carbocycles. The molecule has 2 aliphatic heterocycles. The van der Waals surface area contributed by atoms with Crippen molar-refractivity contribution in [2.75, 3.05) is 21.1 Å². The third-order valence-electron chi connectivity index (χ3n) is 8.15. The number of rotatable bonds is 4. The molecule has 3 rings (SSSR count). The number of likely N-dealkylation sites (N-methyl/N-ethyl adjacent to an activating group) is 1. The first kappa shape index (κ1) is 20.8. The lowest BCUT2D eigenvalue weighted by molar-refractivity contribution is -0.170. The number of fused-ring (bicyclic) bond motifs is 3. The molecule has 156 valence electrons. The van der Waals surface area contributed by atoms with Crippen molar-refractivity contribution in [2.24, 2.45) is 16.7 Å². The van der Waals surface area contributed by atoms with E-state index >= 15 is 0 Å². The third kappa shape index (κ3) is 2.28. The molecule has 2 heterocycles. The van der Waals surface area contributed by atoms with Gasteiger partial charge in [0.15, 0.2) is 0 Å². The molecule has 0 radical (unpaired) electrons. The van der Waals surface area contributed by atoms with Gasteiger partial charge in [-0.05, 0) is 18.8 Å². The zero-order valence-electron chi connectivity index (χ0n) is 18.1. The van der Waals surface area contributed by atoms with Crippen molar-refractivity contribution >= 4 is 24.0 Å². The van der Waals surface area contributed by atoms with E-state index in [1.54, 1.807) is 26.0 Å². The van der Waals surface area contributed by atoms with E-state index in [0.717, 1.165) is 6.29 Å². The van der Waals surface area contributed by atoms with Gasteiger partial charge in [-0.3, -0.25) is 14.4 Å². The number of nitrogens with zero attached hydrogens (tertiary/aromatic N) is 3. The number of aldehydes is 1. The lowest BCUT2D eigenvalue weighted by Crippen LogP contribution is -2.73. The fourth-order valence-corrected chi connectivity index (χ4v) is 6.17. The van der Waals surface area contributed by atoms with Crippen LogP contribution >= 0.6 is 0 Å². The van der Waals surface area contributed by atoms with Crippen LogP contribution in [0.4, 0.5) is 0 Å². The first-order valence-corrected chi connectivity index (χ1v) is 10.2. The molecule has 3 amide bonds. The van der Waals surface area contributed by atoms with Crippen LogP contribution in [0.5, 0.6) is 0 Å². The van der Waals surface area contributed by atoms with Gasteiger partial charge in [0, 0.05) is 44.8 Å². The van der Waals surface area contributed by atoms with Gasteiger partial charge >= 0.3 is 0 Å². The second-order valence-electron chi connectivity index (χ2n) is 9.74. The van der Waals surface area contributed by atoms with Crippen LogP contribution in [0.25, 0.3) is 0 Å². The predicted molar refractivity (Wildman–Crippen MR) is 104 cm³/mol. The SMILES string of the molecule is CC[C@@]12C(=O)N(C)[C@@H]3C[C@](C=O)(CC(=O)N(C)C)C(C)(C)C3N1C(=O)C[C@@H]2C. The number of hydrogen-bond donors (Lipinski definition) is 0. The van der Waals surface area contributed by atoms with Crippen molar-refractivity contribution in [3.05, 3.63) is 0 Å². The van der Waals surface area contributed by atoms with Crippen molar-refractivity contribution in [3.8, 4) is 0 Å². The lowest BCUT2D eigenvalue weighted by Gasteiger charge is -2.56. The maximum absolute atomic E-state index is 13.5. The third-order valence-corrected chi connectivity index (χ3v) is 8.15. The number of carbonyl (C=O) groups is 4. The fourth-order valence-electron chi connectivity index (χ4n) is 6.17. The maximum Gasteiger partial charge on any atom is 0.248 e. The average molecular weight is 392 g/mol. The van der Waals surface area contributed by atoms with Gasteiger partial charge in [0.25, 0.3) is 0 Å². The molecule has 7 heteroatoms. The summed E-state index contributed by atoms with van der Waals surface area (Å²) in [7, 11) is 5.15. The van der Waals surface area contributed by atoms with Crippen molar-refractivity contribution in [1.29, 1.82) is 0 Å². The minimum absolute atomic E-state index is 0.0143. The van der Waals surface area contributed by atoms with Gasteiger partial charge in [0.05, 0.1) is 12.1 Å². The van der Waals surface area contributed by atoms with Gasteiger partial charge < -0.3 is 19.5 Å². The smallest absolute Gasteiger partial charge is 0.248 e. The molecule has 3 fully saturated rings. The minimum atomic E-state index is -0.922. The molecule has 0 aromatic heterocycles. The van der Waals surface area contributed by atoms with E-state index in [1.165, 1.54) is 4.90 Å². The molecule has 0 N–H and O–H groups in total. The molecule has 5 atom stereocenters. The molecule has 0 bridgehead atoms. The monoisotopic (exact) mass is 391 g/mol. The zero-order valence-corrected chi connectivity index (χ0v) is 18.1. The van der Waals surface area contributed by atoms with Crippen LogP contribution in [0.15, 0.2) is 0 Å². The summed E-state index contributed by atoms with van der Waals surface area (Å²) in [6.45, 7) is 7.89. The van der Waals surface area contributed by atoms with Crippen LogP contribution in [0.2, 0.25) is 0 Å². The standard InChI is InChI=1S/C21H33N3O4/c1-8-21-13(2)9-15(26)24(21)17-14(23(7)18(21)28)10-20(12-25,19(17,3)4)11-16(27)22(5)6/h12-14,17H,8-11H2,1-7H3/t13-,14+,17?,20+,21+/m0/s1. The summed E-state index contributed by atoms with van der Waals surface area (Å²) in [4.78, 5) is 56.6. The second kappa shape index (κ2) is 6.29. The van der Waals surface area contributed by atoms with Crippen molar-refractivity contribution in [3.63, 3.8) is 0 Å². The highest BCUT2D eigenvalue weighted by atomic mass is 16.2. The van der Waals surface area contributed by atoms with Crippen LogP contribution in [-0.2, 0) is 19.2 Å². The van der Waals surface area contributed by atoms with Gasteiger partial charge in [-0.25, -0.2) is 0 Å². The number of carbonyl (C=O) groups excluding carboxylic acids is 4. The Balaban J connectivity index is 2.16. The van der Waals surface area contributed by atoms with Crippen LogP contribution in [-0.4, -0.2) is 77.5 Å². The van der Waals surface area contributed by atoms with E-state index in [-0.39, 0.29) is 42.1 Å². The van der Waals surface area contributed by atoms with Crippen molar-refractivity contribution < 1.29 is 19.2 Å². The van der Waals surface area contributed by atoms with Gasteiger partial charge in [0.2, 0.25) is 17.7 Å². The molecule has 1 saturated carbocycles. The summed E-state index contributed by atoms with van der Waals surface area (Å²) in [6.07, 6.45) is 2.28. The van der Waals surface area contributed by atoms with Crippen molar-refractivity contribution in [1.82, 2.24) is 14.7 Å². The molecular formula is C21H33N3O4. The highest BCUT2D eigenvalue weighted by molar-refractivity contribution is 5.97. The Morgan fingerprint density at radius 2 is 1.89 bits per heavy atom. The fraction of sp³-hybridized carbons (Fsp3) is 0.810. The molecule has 0 aromatic rings. The Morgan fingerprint density at radius 1 is 1.29 bits per heavy atom. The van der Waals surface area contributed by atoms with Crippen LogP contribution < -0.4 is 0 Å². The Kier molecular flexibility index (Phi) is 4.67. The van der Waals surface area contributed by atoms with Crippen LogP contribution in [0, 0.1) is 16.7 Å². The minimum Gasteiger partial charge on any atom is -0.349 e. The maximum atomic E-state index is 13.5. The highest BCUT2D eigenvalue weighted by Gasteiger charge is 2.72. The Hall–Kier alpha value is -1.92.